The van der Waals surface area contributed by atoms with Crippen molar-refractivity contribution in [1.82, 2.24) is 4.98 Å². The Morgan fingerprint density at radius 1 is 1.21 bits per heavy atom. The molecule has 0 radical (unpaired) electrons. The number of nitrogens with two attached hydrogens (primary N) is 1. The van der Waals surface area contributed by atoms with Crippen molar-refractivity contribution in [3.8, 4) is 0 Å². The van der Waals surface area contributed by atoms with E-state index < -0.39 is 20.7 Å². The number of nitrogens with one attached hydrogen (secondary N) is 2. The number of sulfonamides is 1. The fourth-order valence-corrected chi connectivity index (χ4v) is 4.33. The van der Waals surface area contributed by atoms with E-state index in [1.807, 2.05) is 18.4 Å². The molecule has 126 valence electrons. The van der Waals surface area contributed by atoms with E-state index in [-0.39, 0.29) is 4.90 Å². The van der Waals surface area contributed by atoms with Crippen molar-refractivity contribution in [3.05, 3.63) is 53.7 Å². The molecule has 0 fully saturated rings. The minimum atomic E-state index is -3.71. The van der Waals surface area contributed by atoms with E-state index in [1.54, 1.807) is 42.6 Å². The van der Waals surface area contributed by atoms with Crippen LogP contribution in [-0.2, 0) is 10.0 Å². The summed E-state index contributed by atoms with van der Waals surface area (Å²) in [5.74, 6) is 0. The molecule has 0 amide bonds. The highest BCUT2D eigenvalue weighted by molar-refractivity contribution is 8.13. The van der Waals surface area contributed by atoms with Gasteiger partial charge in [0, 0.05) is 16.5 Å². The van der Waals surface area contributed by atoms with Gasteiger partial charge < -0.3 is 4.98 Å². The van der Waals surface area contributed by atoms with Crippen LogP contribution >= 0.6 is 22.3 Å². The van der Waals surface area contributed by atoms with Gasteiger partial charge in [-0.05, 0) is 42.6 Å². The predicted octanol–water partition coefficient (Wildman–Crippen LogP) is 3.95. The van der Waals surface area contributed by atoms with Gasteiger partial charge >= 0.3 is 0 Å². The number of benzene rings is 2. The van der Waals surface area contributed by atoms with Crippen LogP contribution in [0.2, 0.25) is 5.02 Å². The van der Waals surface area contributed by atoms with Crippen LogP contribution < -0.4 is 9.86 Å². The molecule has 0 bridgehead atoms. The van der Waals surface area contributed by atoms with Gasteiger partial charge in [-0.15, -0.1) is 0 Å². The Morgan fingerprint density at radius 2 is 1.92 bits per heavy atom. The van der Waals surface area contributed by atoms with Crippen molar-refractivity contribution < 1.29 is 8.42 Å². The van der Waals surface area contributed by atoms with Crippen LogP contribution in [-0.4, -0.2) is 18.8 Å². The van der Waals surface area contributed by atoms with E-state index in [2.05, 4.69) is 9.71 Å². The molecule has 24 heavy (non-hydrogen) atoms. The summed E-state index contributed by atoms with van der Waals surface area (Å²) < 4.78 is 27.8. The lowest BCUT2D eigenvalue weighted by atomic mass is 10.2. The number of anilines is 1. The third-order valence-electron chi connectivity index (χ3n) is 3.57. The predicted molar refractivity (Wildman–Crippen MR) is 102 cm³/mol. The first kappa shape index (κ1) is 17.0. The molecule has 1 atom stereocenters. The largest absolute Gasteiger partial charge is 0.358 e. The summed E-state index contributed by atoms with van der Waals surface area (Å²) >= 11 is 6.07. The molecular weight excluding hydrogens is 366 g/mol. The highest BCUT2D eigenvalue weighted by Crippen LogP contribution is 2.30. The van der Waals surface area contributed by atoms with Crippen LogP contribution in [0.15, 0.2) is 58.5 Å². The molecule has 0 aliphatic rings. The monoisotopic (exact) mass is 381 g/mol. The standard InChI is InChI=1S/C16H16ClN3O2S2/c1-2-23(18)11-6-8-12(9-7-11)24(21,22)20-15-5-3-4-13-14(17)10-19-16(13)15/h2-10,19-20H,18H2,1H3. The maximum absolute atomic E-state index is 12.6. The van der Waals surface area contributed by atoms with E-state index in [4.69, 9.17) is 16.7 Å². The summed E-state index contributed by atoms with van der Waals surface area (Å²) in [5.41, 5.74) is 1.09. The maximum Gasteiger partial charge on any atom is 0.261 e. The Hall–Kier alpha value is -1.80. The van der Waals surface area contributed by atoms with E-state index in [1.165, 1.54) is 0 Å². The molecule has 0 saturated heterocycles. The second-order valence-corrected chi connectivity index (χ2v) is 8.83. The fourth-order valence-electron chi connectivity index (χ4n) is 2.32. The second kappa shape index (κ2) is 6.60. The molecule has 0 aliphatic heterocycles. The Kier molecular flexibility index (Phi) is 4.69. The van der Waals surface area contributed by atoms with Crippen molar-refractivity contribution in [1.29, 1.82) is 0 Å². The summed E-state index contributed by atoms with van der Waals surface area (Å²) in [7, 11) is -4.19. The fraction of sp³-hybridized carbons (Fsp3) is 0.0625. The first-order valence-corrected chi connectivity index (χ1v) is 10.3. The van der Waals surface area contributed by atoms with Gasteiger partial charge in [0.1, 0.15) is 0 Å². The van der Waals surface area contributed by atoms with Crippen LogP contribution in [0.4, 0.5) is 5.69 Å². The molecule has 1 unspecified atom stereocenters. The average Bonchev–Trinajstić information content (AvgIpc) is 2.96. The lowest BCUT2D eigenvalue weighted by Gasteiger charge is -2.10. The molecular formula is C16H16ClN3O2S2. The van der Waals surface area contributed by atoms with Gasteiger partial charge in [0.25, 0.3) is 10.0 Å². The van der Waals surface area contributed by atoms with Crippen LogP contribution in [0.5, 0.6) is 0 Å². The minimum absolute atomic E-state index is 0.175. The van der Waals surface area contributed by atoms with E-state index in [0.29, 0.717) is 16.2 Å². The molecule has 3 rings (SSSR count). The number of aromatic amines is 1. The summed E-state index contributed by atoms with van der Waals surface area (Å²) in [6, 6.07) is 11.8. The Morgan fingerprint density at radius 3 is 2.58 bits per heavy atom. The quantitative estimate of drug-likeness (QED) is 0.598. The Bertz CT molecular complexity index is 1030. The van der Waals surface area contributed by atoms with Crippen LogP contribution in [0.3, 0.4) is 0 Å². The molecule has 0 aliphatic carbocycles. The second-order valence-electron chi connectivity index (χ2n) is 5.05. The molecule has 4 N–H and O–H groups in total. The zero-order valence-electron chi connectivity index (χ0n) is 12.8. The van der Waals surface area contributed by atoms with Gasteiger partial charge in [-0.2, -0.15) is 0 Å². The Labute approximate surface area is 147 Å². The zero-order valence-corrected chi connectivity index (χ0v) is 15.2. The highest BCUT2D eigenvalue weighted by atomic mass is 35.5. The number of para-hydroxylation sites is 1. The topological polar surface area (TPSA) is 88.0 Å². The number of hydrogen-bond donors (Lipinski definition) is 3. The van der Waals surface area contributed by atoms with Crippen LogP contribution in [0.25, 0.3) is 10.9 Å². The summed E-state index contributed by atoms with van der Waals surface area (Å²) in [5, 5.41) is 9.11. The lowest BCUT2D eigenvalue weighted by molar-refractivity contribution is 0.601. The third-order valence-corrected chi connectivity index (χ3v) is 6.59. The number of H-pyrrole nitrogens is 1. The Balaban J connectivity index is 1.96. The number of hydrogen-bond acceptors (Lipinski definition) is 3. The van der Waals surface area contributed by atoms with Gasteiger partial charge in [0.2, 0.25) is 0 Å². The molecule has 2 aromatic carbocycles. The van der Waals surface area contributed by atoms with Gasteiger partial charge in [-0.25, -0.2) is 8.42 Å². The van der Waals surface area contributed by atoms with Gasteiger partial charge in [0.15, 0.2) is 0 Å². The van der Waals surface area contributed by atoms with Crippen LogP contribution in [0.1, 0.15) is 6.92 Å². The molecule has 3 aromatic rings. The van der Waals surface area contributed by atoms with Crippen molar-refractivity contribution in [2.45, 2.75) is 16.7 Å². The molecule has 1 aromatic heterocycles. The molecule has 1 heterocycles. The van der Waals surface area contributed by atoms with E-state index in [0.717, 1.165) is 10.3 Å². The van der Waals surface area contributed by atoms with Crippen molar-refractivity contribution in [2.75, 3.05) is 4.72 Å². The SMILES string of the molecule is C/C=S(\N)c1ccc(S(=O)(=O)Nc2cccc3c(Cl)c[nH]c23)cc1. The molecule has 5 nitrogen and oxygen atoms in total. The maximum atomic E-state index is 12.6. The van der Waals surface area contributed by atoms with Gasteiger partial charge in [-0.1, -0.05) is 34.4 Å². The summed E-state index contributed by atoms with van der Waals surface area (Å²) in [6.07, 6.45) is 1.63. The van der Waals surface area contributed by atoms with Gasteiger partial charge in [0.05, 0.1) is 21.1 Å². The number of fused-ring (bicyclic) bond motifs is 1. The van der Waals surface area contributed by atoms with E-state index >= 15 is 0 Å². The first-order valence-electron chi connectivity index (χ1n) is 7.08. The lowest BCUT2D eigenvalue weighted by Crippen LogP contribution is -2.13. The van der Waals surface area contributed by atoms with Crippen molar-refractivity contribution in [3.63, 3.8) is 0 Å². The highest BCUT2D eigenvalue weighted by Gasteiger charge is 2.16. The van der Waals surface area contributed by atoms with Crippen molar-refractivity contribution in [2.24, 2.45) is 5.14 Å². The minimum Gasteiger partial charge on any atom is -0.358 e. The van der Waals surface area contributed by atoms with Gasteiger partial charge in [-0.3, -0.25) is 9.86 Å². The first-order chi connectivity index (χ1) is 11.4. The molecule has 0 saturated carbocycles. The zero-order chi connectivity index (χ0) is 17.3. The summed E-state index contributed by atoms with van der Waals surface area (Å²) in [6.45, 7) is 1.87. The molecule has 8 heteroatoms. The van der Waals surface area contributed by atoms with E-state index in [9.17, 15) is 8.42 Å². The normalized spacial score (nSPS) is 13.3. The third kappa shape index (κ3) is 3.21. The summed E-state index contributed by atoms with van der Waals surface area (Å²) in [4.78, 5) is 4.04. The number of aromatic nitrogens is 1. The number of halogens is 1. The molecule has 0 spiro atoms. The number of rotatable bonds is 4. The smallest absolute Gasteiger partial charge is 0.261 e. The van der Waals surface area contributed by atoms with Crippen LogP contribution in [0, 0.1) is 0 Å². The average molecular weight is 382 g/mol. The van der Waals surface area contributed by atoms with Crippen molar-refractivity contribution >= 4 is 54.3 Å².